The molecule has 35 heavy (non-hydrogen) atoms. The van der Waals surface area contributed by atoms with Crippen LogP contribution < -0.4 is 0 Å². The Morgan fingerprint density at radius 1 is 1.09 bits per heavy atom. The van der Waals surface area contributed by atoms with Crippen molar-refractivity contribution in [1.82, 2.24) is 0 Å². The van der Waals surface area contributed by atoms with E-state index in [9.17, 15) is 14.7 Å². The van der Waals surface area contributed by atoms with E-state index in [1.54, 1.807) is 6.08 Å². The van der Waals surface area contributed by atoms with Gasteiger partial charge in [0.2, 0.25) is 0 Å². The van der Waals surface area contributed by atoms with Crippen molar-refractivity contribution in [1.29, 1.82) is 0 Å². The Morgan fingerprint density at radius 3 is 2.54 bits per heavy atom. The van der Waals surface area contributed by atoms with E-state index >= 15 is 0 Å². The van der Waals surface area contributed by atoms with Crippen molar-refractivity contribution >= 4 is 11.9 Å². The summed E-state index contributed by atoms with van der Waals surface area (Å²) in [7, 11) is 0. The number of ether oxygens (including phenoxy) is 2. The average molecular weight is 483 g/mol. The summed E-state index contributed by atoms with van der Waals surface area (Å²) in [6.45, 7) is 13.1. The standard InChI is InChI=1S/C30H42O5/c1-17-7-8-21(34-25(17)33)18(2)19-9-11-28(6)24-20(31)15-22-26(3,4)35-23(32)10-12-29(22)16-30(24,29)14-13-27(19,28)5/h7,10,12,18-22,24,31H,8-9,11,13-16H2,1-6H3/t18-,19+,20-,21-,22-,24-,27+,28-,29+,30-/m0/s1. The van der Waals surface area contributed by atoms with Gasteiger partial charge in [0, 0.05) is 29.4 Å². The molecule has 0 amide bonds. The van der Waals surface area contributed by atoms with Crippen LogP contribution in [0, 0.1) is 45.3 Å². The summed E-state index contributed by atoms with van der Waals surface area (Å²) in [5.74, 6) is 0.680. The molecule has 4 fully saturated rings. The first-order valence-corrected chi connectivity index (χ1v) is 13.8. The number of allylic oxidation sites excluding steroid dienone is 1. The van der Waals surface area contributed by atoms with Gasteiger partial charge in [-0.2, -0.15) is 0 Å². The van der Waals surface area contributed by atoms with Crippen LogP contribution in [0.1, 0.15) is 86.5 Å². The van der Waals surface area contributed by atoms with Gasteiger partial charge in [0.25, 0.3) is 0 Å². The molecule has 4 saturated carbocycles. The summed E-state index contributed by atoms with van der Waals surface area (Å²) < 4.78 is 11.8. The molecule has 0 aromatic heterocycles. The molecule has 0 bridgehead atoms. The smallest absolute Gasteiger partial charge is 0.333 e. The minimum atomic E-state index is -0.582. The summed E-state index contributed by atoms with van der Waals surface area (Å²) in [5, 5.41) is 11.8. The van der Waals surface area contributed by atoms with E-state index < -0.39 is 11.7 Å². The van der Waals surface area contributed by atoms with E-state index in [0.29, 0.717) is 12.3 Å². The number of cyclic esters (lactones) is 2. The Balaban J connectivity index is 1.35. The summed E-state index contributed by atoms with van der Waals surface area (Å²) in [5.41, 5.74) is 0.219. The topological polar surface area (TPSA) is 72.8 Å². The van der Waals surface area contributed by atoms with Gasteiger partial charge in [0.15, 0.2) is 0 Å². The quantitative estimate of drug-likeness (QED) is 0.536. The molecule has 2 spiro atoms. The second-order valence-electron chi connectivity index (χ2n) is 14.0. The van der Waals surface area contributed by atoms with Gasteiger partial charge in [-0.3, -0.25) is 0 Å². The van der Waals surface area contributed by atoms with E-state index in [2.05, 4.69) is 26.8 Å². The normalized spacial score (nSPS) is 52.5. The summed E-state index contributed by atoms with van der Waals surface area (Å²) in [6.07, 6.45) is 12.4. The Hall–Kier alpha value is -1.62. The minimum absolute atomic E-state index is 0.0116. The summed E-state index contributed by atoms with van der Waals surface area (Å²) >= 11 is 0. The van der Waals surface area contributed by atoms with E-state index in [-0.39, 0.29) is 57.5 Å². The Labute approximate surface area is 209 Å². The molecule has 5 nitrogen and oxygen atoms in total. The molecule has 4 aliphatic carbocycles. The first kappa shape index (κ1) is 23.8. The monoisotopic (exact) mass is 482 g/mol. The van der Waals surface area contributed by atoms with Crippen LogP contribution in [0.3, 0.4) is 0 Å². The highest BCUT2D eigenvalue weighted by atomic mass is 16.6. The predicted molar refractivity (Wildman–Crippen MR) is 132 cm³/mol. The number of aliphatic hydroxyl groups is 1. The SMILES string of the molecule is CC1=CC[C@@H]([C@@H](C)[C@H]2CC[C@@]3(C)[C@@H]4[C@@H](O)C[C@H]5C(C)(C)OC(=O)C=C[C@@]56C[C@@]46CC[C@]23C)OC1=O. The highest BCUT2D eigenvalue weighted by Crippen LogP contribution is 2.87. The lowest BCUT2D eigenvalue weighted by Gasteiger charge is -2.62. The molecule has 0 saturated heterocycles. The number of carbonyl (C=O) groups is 2. The lowest BCUT2D eigenvalue weighted by Crippen LogP contribution is -2.60. The molecule has 0 aromatic carbocycles. The maximum absolute atomic E-state index is 12.4. The van der Waals surface area contributed by atoms with Crippen molar-refractivity contribution in [3.63, 3.8) is 0 Å². The minimum Gasteiger partial charge on any atom is -0.458 e. The zero-order valence-electron chi connectivity index (χ0n) is 22.2. The molecule has 0 aromatic rings. The van der Waals surface area contributed by atoms with Crippen LogP contribution in [-0.2, 0) is 19.1 Å². The lowest BCUT2D eigenvalue weighted by atomic mass is 9.43. The second-order valence-corrected chi connectivity index (χ2v) is 14.0. The van der Waals surface area contributed by atoms with Crippen molar-refractivity contribution in [3.05, 3.63) is 23.8 Å². The van der Waals surface area contributed by atoms with E-state index in [1.165, 1.54) is 0 Å². The molecule has 0 radical (unpaired) electrons. The molecule has 6 rings (SSSR count). The van der Waals surface area contributed by atoms with Crippen LogP contribution in [0.25, 0.3) is 0 Å². The molecule has 6 aliphatic rings. The van der Waals surface area contributed by atoms with Crippen molar-refractivity contribution in [2.24, 2.45) is 45.3 Å². The molecule has 0 unspecified atom stereocenters. The van der Waals surface area contributed by atoms with E-state index in [1.807, 2.05) is 26.8 Å². The van der Waals surface area contributed by atoms with Gasteiger partial charge in [-0.15, -0.1) is 0 Å². The van der Waals surface area contributed by atoms with Crippen molar-refractivity contribution in [2.75, 3.05) is 0 Å². The molecule has 2 heterocycles. The van der Waals surface area contributed by atoms with Crippen molar-refractivity contribution < 1.29 is 24.2 Å². The molecule has 5 heteroatoms. The van der Waals surface area contributed by atoms with Gasteiger partial charge in [-0.25, -0.2) is 9.59 Å². The zero-order chi connectivity index (χ0) is 25.2. The van der Waals surface area contributed by atoms with Crippen LogP contribution in [0.4, 0.5) is 0 Å². The van der Waals surface area contributed by atoms with Crippen LogP contribution in [0.5, 0.6) is 0 Å². The van der Waals surface area contributed by atoms with Gasteiger partial charge in [-0.05, 0) is 93.3 Å². The highest BCUT2D eigenvalue weighted by molar-refractivity contribution is 5.88. The molecule has 10 atom stereocenters. The third-order valence-electron chi connectivity index (χ3n) is 12.5. The van der Waals surface area contributed by atoms with Gasteiger partial charge < -0.3 is 14.6 Å². The second kappa shape index (κ2) is 7.02. The number of fused-ring (bicyclic) bond motifs is 2. The fourth-order valence-corrected chi connectivity index (χ4v) is 10.7. The molecular formula is C30H42O5. The predicted octanol–water partition coefficient (Wildman–Crippen LogP) is 5.37. The molecule has 1 N–H and O–H groups in total. The van der Waals surface area contributed by atoms with Gasteiger partial charge in [0.05, 0.1) is 6.10 Å². The van der Waals surface area contributed by atoms with Gasteiger partial charge in [-0.1, -0.05) is 32.9 Å². The van der Waals surface area contributed by atoms with Crippen molar-refractivity contribution in [2.45, 2.75) is 104 Å². The fraction of sp³-hybridized carbons (Fsp3) is 0.800. The van der Waals surface area contributed by atoms with Crippen LogP contribution in [0.2, 0.25) is 0 Å². The van der Waals surface area contributed by atoms with Crippen LogP contribution in [-0.4, -0.2) is 34.9 Å². The number of carbonyl (C=O) groups excluding carboxylic acids is 2. The number of hydrogen-bond acceptors (Lipinski definition) is 5. The molecule has 192 valence electrons. The number of hydrogen-bond donors (Lipinski definition) is 1. The van der Waals surface area contributed by atoms with E-state index in [4.69, 9.17) is 9.47 Å². The van der Waals surface area contributed by atoms with Crippen molar-refractivity contribution in [3.8, 4) is 0 Å². The first-order chi connectivity index (χ1) is 16.3. The highest BCUT2D eigenvalue weighted by Gasteiger charge is 2.83. The van der Waals surface area contributed by atoms with Crippen LogP contribution >= 0.6 is 0 Å². The fourth-order valence-electron chi connectivity index (χ4n) is 10.7. The summed E-state index contributed by atoms with van der Waals surface area (Å²) in [4.78, 5) is 24.7. The molecule has 2 aliphatic heterocycles. The van der Waals surface area contributed by atoms with Gasteiger partial charge >= 0.3 is 11.9 Å². The number of esters is 2. The van der Waals surface area contributed by atoms with E-state index in [0.717, 1.165) is 44.1 Å². The van der Waals surface area contributed by atoms with Crippen LogP contribution in [0.15, 0.2) is 23.8 Å². The Kier molecular flexibility index (Phi) is 4.77. The maximum atomic E-state index is 12.4. The van der Waals surface area contributed by atoms with Gasteiger partial charge in [0.1, 0.15) is 11.7 Å². The third kappa shape index (κ3) is 2.80. The Bertz CT molecular complexity index is 1040. The largest absolute Gasteiger partial charge is 0.458 e. The number of rotatable bonds is 2. The maximum Gasteiger partial charge on any atom is 0.333 e. The zero-order valence-corrected chi connectivity index (χ0v) is 22.2. The summed E-state index contributed by atoms with van der Waals surface area (Å²) in [6, 6.07) is 0. The lowest BCUT2D eigenvalue weighted by molar-refractivity contribution is -0.192. The Morgan fingerprint density at radius 2 is 1.83 bits per heavy atom. The first-order valence-electron chi connectivity index (χ1n) is 13.8. The third-order valence-corrected chi connectivity index (χ3v) is 12.5. The molecular weight excluding hydrogens is 440 g/mol. The number of aliphatic hydroxyl groups excluding tert-OH is 1. The average Bonchev–Trinajstić information content (AvgIpc) is 3.37.